The van der Waals surface area contributed by atoms with Gasteiger partial charge in [-0.3, -0.25) is 10.2 Å². The van der Waals surface area contributed by atoms with E-state index in [9.17, 15) is 4.79 Å². The van der Waals surface area contributed by atoms with Gasteiger partial charge in [0, 0.05) is 23.4 Å². The van der Waals surface area contributed by atoms with Crippen molar-refractivity contribution in [2.24, 2.45) is 0 Å². The largest absolute Gasteiger partial charge is 0.288 e. The Morgan fingerprint density at radius 2 is 2.15 bits per heavy atom. The number of nitrogens with zero attached hydrogens (tertiary/aromatic N) is 1. The first-order valence-electron chi connectivity index (χ1n) is 6.51. The summed E-state index contributed by atoms with van der Waals surface area (Å²) in [5, 5.41) is 4.82. The Hall–Kier alpha value is -1.36. The minimum atomic E-state index is -0.0549. The molecule has 0 unspecified atom stereocenters. The summed E-state index contributed by atoms with van der Waals surface area (Å²) < 4.78 is 0. The highest BCUT2D eigenvalue weighted by Gasteiger charge is 2.31. The summed E-state index contributed by atoms with van der Waals surface area (Å²) in [6.45, 7) is 2.33. The van der Waals surface area contributed by atoms with Gasteiger partial charge < -0.3 is 0 Å². The van der Waals surface area contributed by atoms with Crippen molar-refractivity contribution in [3.63, 3.8) is 0 Å². The number of amides is 1. The second-order valence-electron chi connectivity index (χ2n) is 4.83. The van der Waals surface area contributed by atoms with Crippen molar-refractivity contribution in [3.05, 3.63) is 56.7 Å². The molecule has 1 amide bonds. The molecule has 1 atom stereocenters. The molecular weight excluding hydrogens is 292 g/mol. The van der Waals surface area contributed by atoms with Crippen LogP contribution in [0.2, 0.25) is 5.02 Å². The molecule has 0 bridgehead atoms. The van der Waals surface area contributed by atoms with Gasteiger partial charge in [0.25, 0.3) is 0 Å². The third-order valence-electron chi connectivity index (χ3n) is 3.47. The summed E-state index contributed by atoms with van der Waals surface area (Å²) in [6, 6.07) is 9.93. The summed E-state index contributed by atoms with van der Waals surface area (Å²) >= 11 is 8.13. The zero-order chi connectivity index (χ0) is 14.1. The topological polar surface area (TPSA) is 32.3 Å². The first-order valence-corrected chi connectivity index (χ1v) is 7.77. The minimum absolute atomic E-state index is 0.0115. The Balaban J connectivity index is 2.07. The Morgan fingerprint density at radius 1 is 1.35 bits per heavy atom. The van der Waals surface area contributed by atoms with Crippen molar-refractivity contribution in [3.8, 4) is 0 Å². The van der Waals surface area contributed by atoms with Gasteiger partial charge >= 0.3 is 0 Å². The molecule has 0 spiro atoms. The van der Waals surface area contributed by atoms with E-state index in [0.29, 0.717) is 0 Å². The van der Waals surface area contributed by atoms with Crippen LogP contribution in [-0.4, -0.2) is 17.5 Å². The summed E-state index contributed by atoms with van der Waals surface area (Å²) in [4.78, 5) is 12.8. The highest BCUT2D eigenvalue weighted by Crippen LogP contribution is 2.39. The molecule has 0 saturated heterocycles. The number of benzene rings is 1. The predicted molar refractivity (Wildman–Crippen MR) is 81.8 cm³/mol. The van der Waals surface area contributed by atoms with Crippen LogP contribution in [-0.2, 0) is 11.2 Å². The number of thiophene rings is 1. The van der Waals surface area contributed by atoms with Gasteiger partial charge in [-0.2, -0.15) is 0 Å². The van der Waals surface area contributed by atoms with Gasteiger partial charge in [-0.15, -0.1) is 11.3 Å². The van der Waals surface area contributed by atoms with E-state index in [0.717, 1.165) is 23.6 Å². The lowest BCUT2D eigenvalue weighted by Gasteiger charge is -2.36. The van der Waals surface area contributed by atoms with Crippen LogP contribution in [0.4, 0.5) is 0 Å². The van der Waals surface area contributed by atoms with Gasteiger partial charge in [-0.1, -0.05) is 29.8 Å². The first kappa shape index (κ1) is 13.6. The van der Waals surface area contributed by atoms with Crippen LogP contribution in [0.25, 0.3) is 0 Å². The summed E-state index contributed by atoms with van der Waals surface area (Å²) in [7, 11) is 0. The number of halogens is 1. The number of nitrogens with one attached hydrogen (secondary N) is 1. The number of hydrogen-bond donors (Lipinski definition) is 1. The van der Waals surface area contributed by atoms with Gasteiger partial charge in [-0.25, -0.2) is 5.01 Å². The molecular formula is C15H15ClN2OS. The number of carbonyl (C=O) groups excluding carboxylic acids is 1. The molecule has 2 heterocycles. The molecule has 1 N–H and O–H groups in total. The summed E-state index contributed by atoms with van der Waals surface area (Å²) in [6.07, 6.45) is 0.953. The zero-order valence-corrected chi connectivity index (χ0v) is 12.7. The molecule has 3 nitrogen and oxygen atoms in total. The molecule has 0 aliphatic carbocycles. The fourth-order valence-corrected chi connectivity index (χ4v) is 3.81. The van der Waals surface area contributed by atoms with E-state index < -0.39 is 0 Å². The first-order chi connectivity index (χ1) is 9.66. The summed E-state index contributed by atoms with van der Waals surface area (Å²) in [5.74, 6) is -0.0549. The van der Waals surface area contributed by atoms with Gasteiger partial charge in [0.2, 0.25) is 5.91 Å². The molecule has 104 valence electrons. The van der Waals surface area contributed by atoms with E-state index in [4.69, 9.17) is 11.6 Å². The third kappa shape index (κ3) is 2.46. The van der Waals surface area contributed by atoms with Crippen molar-refractivity contribution in [2.45, 2.75) is 19.4 Å². The van der Waals surface area contributed by atoms with Crippen molar-refractivity contribution < 1.29 is 4.79 Å². The second kappa shape index (κ2) is 5.56. The van der Waals surface area contributed by atoms with Gasteiger partial charge in [0.1, 0.15) is 0 Å². The molecule has 1 aromatic heterocycles. The number of fused-ring (bicyclic) bond motifs is 1. The SMILES string of the molecule is CC(=O)NN1CCc2sccc2[C@H]1c1ccccc1Cl. The fourth-order valence-electron chi connectivity index (χ4n) is 2.67. The Kier molecular flexibility index (Phi) is 3.78. The highest BCUT2D eigenvalue weighted by molar-refractivity contribution is 7.10. The van der Waals surface area contributed by atoms with Crippen LogP contribution in [0.15, 0.2) is 35.7 Å². The number of hydrogen-bond acceptors (Lipinski definition) is 3. The number of rotatable bonds is 2. The van der Waals surface area contributed by atoms with Crippen molar-refractivity contribution in [1.29, 1.82) is 0 Å². The lowest BCUT2D eigenvalue weighted by Crippen LogP contribution is -2.47. The molecule has 5 heteroatoms. The second-order valence-corrected chi connectivity index (χ2v) is 6.24. The quantitative estimate of drug-likeness (QED) is 0.922. The van der Waals surface area contributed by atoms with E-state index in [1.807, 2.05) is 29.3 Å². The molecule has 0 radical (unpaired) electrons. The Bertz CT molecular complexity index is 640. The smallest absolute Gasteiger partial charge is 0.231 e. The normalized spacial score (nSPS) is 18.6. The molecule has 0 fully saturated rings. The maximum absolute atomic E-state index is 11.4. The standard InChI is InChI=1S/C15H15ClN2OS/c1-10(19)17-18-8-6-14-12(7-9-20-14)15(18)11-4-2-3-5-13(11)16/h2-5,7,9,15H,6,8H2,1H3,(H,17,19)/t15-/m1/s1. The van der Waals surface area contributed by atoms with E-state index in [2.05, 4.69) is 16.9 Å². The van der Waals surface area contributed by atoms with E-state index in [1.165, 1.54) is 17.4 Å². The molecule has 1 aliphatic rings. The monoisotopic (exact) mass is 306 g/mol. The van der Waals surface area contributed by atoms with Crippen LogP contribution < -0.4 is 5.43 Å². The number of hydrazine groups is 1. The molecule has 0 saturated carbocycles. The fraction of sp³-hybridized carbons (Fsp3) is 0.267. The van der Waals surface area contributed by atoms with Crippen LogP contribution in [0.3, 0.4) is 0 Å². The van der Waals surface area contributed by atoms with Crippen molar-refractivity contribution >= 4 is 28.8 Å². The van der Waals surface area contributed by atoms with Gasteiger partial charge in [0.05, 0.1) is 6.04 Å². The average molecular weight is 307 g/mol. The maximum atomic E-state index is 11.4. The molecule has 2 aromatic rings. The van der Waals surface area contributed by atoms with E-state index in [-0.39, 0.29) is 11.9 Å². The van der Waals surface area contributed by atoms with Crippen LogP contribution in [0.1, 0.15) is 29.0 Å². The Labute approximate surface area is 127 Å². The molecule has 1 aliphatic heterocycles. The Morgan fingerprint density at radius 3 is 2.90 bits per heavy atom. The van der Waals surface area contributed by atoms with E-state index in [1.54, 1.807) is 11.3 Å². The minimum Gasteiger partial charge on any atom is -0.288 e. The average Bonchev–Trinajstić information content (AvgIpc) is 2.87. The van der Waals surface area contributed by atoms with Gasteiger partial charge in [-0.05, 0) is 35.1 Å². The van der Waals surface area contributed by atoms with Crippen LogP contribution in [0, 0.1) is 0 Å². The summed E-state index contributed by atoms with van der Waals surface area (Å²) in [5.41, 5.74) is 5.20. The van der Waals surface area contributed by atoms with Crippen LogP contribution in [0.5, 0.6) is 0 Å². The molecule has 1 aromatic carbocycles. The maximum Gasteiger partial charge on any atom is 0.231 e. The lowest BCUT2D eigenvalue weighted by atomic mass is 9.94. The molecule has 3 rings (SSSR count). The number of carbonyl (C=O) groups is 1. The van der Waals surface area contributed by atoms with E-state index >= 15 is 0 Å². The predicted octanol–water partition coefficient (Wildman–Crippen LogP) is 3.40. The van der Waals surface area contributed by atoms with Crippen molar-refractivity contribution in [1.82, 2.24) is 10.4 Å². The highest BCUT2D eigenvalue weighted by atomic mass is 35.5. The zero-order valence-electron chi connectivity index (χ0n) is 11.1. The lowest BCUT2D eigenvalue weighted by molar-refractivity contribution is -0.124. The van der Waals surface area contributed by atoms with Gasteiger partial charge in [0.15, 0.2) is 0 Å². The third-order valence-corrected chi connectivity index (χ3v) is 4.81. The molecule has 20 heavy (non-hydrogen) atoms. The van der Waals surface area contributed by atoms with Crippen molar-refractivity contribution in [2.75, 3.05) is 6.54 Å². The van der Waals surface area contributed by atoms with Crippen LogP contribution >= 0.6 is 22.9 Å².